The number of benzene rings is 2. The number of aromatic nitrogens is 2. The van der Waals surface area contributed by atoms with Crippen LogP contribution < -0.4 is 11.2 Å². The van der Waals surface area contributed by atoms with Gasteiger partial charge in [0.25, 0.3) is 0 Å². The van der Waals surface area contributed by atoms with E-state index in [1.807, 2.05) is 44.2 Å². The first-order chi connectivity index (χ1) is 13.1. The number of nitrogens with two attached hydrogens (primary N) is 1. The zero-order chi connectivity index (χ0) is 19.2. The Bertz CT molecular complexity index is 993. The average Bonchev–Trinajstić information content (AvgIpc) is 2.66. The van der Waals surface area contributed by atoms with E-state index in [9.17, 15) is 0 Å². The van der Waals surface area contributed by atoms with E-state index in [1.165, 1.54) is 0 Å². The topological polar surface area (TPSA) is 100.0 Å². The normalized spacial score (nSPS) is 10.7. The molecule has 0 saturated carbocycles. The summed E-state index contributed by atoms with van der Waals surface area (Å²) in [5.41, 5.74) is 5.83. The Labute approximate surface area is 158 Å². The van der Waals surface area contributed by atoms with Gasteiger partial charge in [0.15, 0.2) is 0 Å². The number of rotatable bonds is 5. The second-order valence-corrected chi connectivity index (χ2v) is 6.28. The fraction of sp³-hybridized carbons (Fsp3) is 0.143. The van der Waals surface area contributed by atoms with Crippen molar-refractivity contribution in [3.05, 3.63) is 82.3 Å². The van der Waals surface area contributed by atoms with Crippen molar-refractivity contribution in [1.29, 1.82) is 5.26 Å². The Morgan fingerprint density at radius 1 is 1.15 bits per heavy atom. The number of hydrogen-bond donors (Lipinski definition) is 2. The van der Waals surface area contributed by atoms with Gasteiger partial charge in [-0.3, -0.25) is 0 Å². The lowest BCUT2D eigenvalue weighted by atomic mass is 10.0. The van der Waals surface area contributed by atoms with E-state index in [-0.39, 0.29) is 0 Å². The van der Waals surface area contributed by atoms with Gasteiger partial charge in [-0.15, -0.1) is 0 Å². The molecule has 3 aromatic rings. The van der Waals surface area contributed by atoms with Crippen molar-refractivity contribution >= 4 is 17.7 Å². The maximum absolute atomic E-state index is 8.89. The molecule has 134 valence electrons. The highest BCUT2D eigenvalue weighted by molar-refractivity contribution is 5.82. The molecule has 6 heteroatoms. The monoisotopic (exact) mass is 356 g/mol. The van der Waals surface area contributed by atoms with Gasteiger partial charge in [-0.1, -0.05) is 12.1 Å². The number of hydrogen-bond acceptors (Lipinski definition) is 6. The molecule has 0 spiro atoms. The number of aryl methyl sites for hydroxylation is 2. The first-order valence-electron chi connectivity index (χ1n) is 8.51. The maximum atomic E-state index is 8.89. The molecular weight excluding hydrogens is 336 g/mol. The molecule has 0 saturated heterocycles. The highest BCUT2D eigenvalue weighted by Crippen LogP contribution is 2.25. The fourth-order valence-corrected chi connectivity index (χ4v) is 2.92. The number of nitriles is 1. The van der Waals surface area contributed by atoms with E-state index >= 15 is 0 Å². The molecule has 3 rings (SSSR count). The lowest BCUT2D eigenvalue weighted by Crippen LogP contribution is -2.03. The smallest absolute Gasteiger partial charge is 0.135 e. The van der Waals surface area contributed by atoms with Crippen LogP contribution in [-0.4, -0.2) is 16.2 Å². The zero-order valence-electron chi connectivity index (χ0n) is 15.3. The molecule has 0 bridgehead atoms. The first kappa shape index (κ1) is 18.1. The molecule has 0 fully saturated rings. The number of nitrogens with one attached hydrogen (secondary N) is 1. The maximum Gasteiger partial charge on any atom is 0.135 e. The highest BCUT2D eigenvalue weighted by Gasteiger charge is 2.07. The summed E-state index contributed by atoms with van der Waals surface area (Å²) < 4.78 is 0. The van der Waals surface area contributed by atoms with Gasteiger partial charge < -0.3 is 11.2 Å². The first-order valence-corrected chi connectivity index (χ1v) is 8.51. The molecule has 27 heavy (non-hydrogen) atoms. The van der Waals surface area contributed by atoms with Crippen LogP contribution in [0.5, 0.6) is 0 Å². The molecule has 3 N–H and O–H groups in total. The predicted molar refractivity (Wildman–Crippen MR) is 107 cm³/mol. The van der Waals surface area contributed by atoms with Crippen LogP contribution in [0, 0.1) is 25.2 Å². The molecule has 0 radical (unpaired) electrons. The lowest BCUT2D eigenvalue weighted by Gasteiger charge is -2.13. The minimum Gasteiger partial charge on any atom is -0.340 e. The van der Waals surface area contributed by atoms with Crippen molar-refractivity contribution in [3.8, 4) is 6.07 Å². The van der Waals surface area contributed by atoms with Gasteiger partial charge in [0.05, 0.1) is 17.8 Å². The molecule has 0 atom stereocenters. The third-order valence-electron chi connectivity index (χ3n) is 4.18. The average molecular weight is 356 g/mol. The number of nitrogens with zero attached hydrogens (tertiary/aromatic N) is 4. The van der Waals surface area contributed by atoms with Crippen molar-refractivity contribution in [2.24, 2.45) is 10.9 Å². The van der Waals surface area contributed by atoms with Crippen molar-refractivity contribution in [2.45, 2.75) is 20.3 Å². The summed E-state index contributed by atoms with van der Waals surface area (Å²) in [6, 6.07) is 15.5. The summed E-state index contributed by atoms with van der Waals surface area (Å²) in [5, 5.41) is 15.9. The Hall–Kier alpha value is -3.72. The molecule has 0 aliphatic carbocycles. The minimum atomic E-state index is 0.602. The molecule has 1 heterocycles. The predicted octanol–water partition coefficient (Wildman–Crippen LogP) is 3.59. The molecule has 0 amide bonds. The van der Waals surface area contributed by atoms with Crippen molar-refractivity contribution in [3.63, 3.8) is 0 Å². The van der Waals surface area contributed by atoms with Crippen LogP contribution in [0.1, 0.15) is 33.6 Å². The summed E-state index contributed by atoms with van der Waals surface area (Å²) >= 11 is 0. The number of anilines is 2. The van der Waals surface area contributed by atoms with Gasteiger partial charge in [-0.2, -0.15) is 10.4 Å². The van der Waals surface area contributed by atoms with Gasteiger partial charge >= 0.3 is 0 Å². The Balaban J connectivity index is 1.81. The quantitative estimate of drug-likeness (QED) is 0.413. The SMILES string of the molecule is Cc1cc(/C=N\N)cc(C)c1Nc1ccnc(Cc2ccc(C#N)cc2)n1. The summed E-state index contributed by atoms with van der Waals surface area (Å²) in [4.78, 5) is 8.97. The second kappa shape index (κ2) is 8.11. The van der Waals surface area contributed by atoms with Crippen LogP contribution in [0.2, 0.25) is 0 Å². The van der Waals surface area contributed by atoms with Crippen molar-refractivity contribution < 1.29 is 0 Å². The fourth-order valence-electron chi connectivity index (χ4n) is 2.92. The standard InChI is InChI=1S/C21H20N6/c1-14-9-18(13-25-23)10-15(2)21(14)27-19-7-8-24-20(26-19)11-16-3-5-17(12-22)6-4-16/h3-10,13H,11,23H2,1-2H3,(H,24,26,27)/b25-13-. The third kappa shape index (κ3) is 4.47. The molecule has 0 aliphatic heterocycles. The van der Waals surface area contributed by atoms with Gasteiger partial charge in [0, 0.05) is 18.3 Å². The minimum absolute atomic E-state index is 0.602. The summed E-state index contributed by atoms with van der Waals surface area (Å²) in [6.45, 7) is 4.06. The second-order valence-electron chi connectivity index (χ2n) is 6.28. The Morgan fingerprint density at radius 2 is 1.85 bits per heavy atom. The van der Waals surface area contributed by atoms with E-state index in [0.717, 1.165) is 33.8 Å². The van der Waals surface area contributed by atoms with E-state index < -0.39 is 0 Å². The number of hydrazone groups is 1. The molecule has 1 aromatic heterocycles. The molecule has 0 unspecified atom stereocenters. The van der Waals surface area contributed by atoms with Crippen LogP contribution in [0.15, 0.2) is 53.8 Å². The van der Waals surface area contributed by atoms with Crippen LogP contribution in [0.25, 0.3) is 0 Å². The zero-order valence-corrected chi connectivity index (χ0v) is 15.3. The summed E-state index contributed by atoms with van der Waals surface area (Å²) in [6.07, 6.45) is 3.98. The van der Waals surface area contributed by atoms with Crippen LogP contribution >= 0.6 is 0 Å². The largest absolute Gasteiger partial charge is 0.340 e. The van der Waals surface area contributed by atoms with Crippen molar-refractivity contribution in [1.82, 2.24) is 9.97 Å². The van der Waals surface area contributed by atoms with E-state index in [1.54, 1.807) is 24.5 Å². The van der Waals surface area contributed by atoms with Crippen LogP contribution in [0.3, 0.4) is 0 Å². The molecule has 0 aliphatic rings. The van der Waals surface area contributed by atoms with Gasteiger partial charge in [-0.05, 0) is 66.4 Å². The lowest BCUT2D eigenvalue weighted by molar-refractivity contribution is 0.971. The Kier molecular flexibility index (Phi) is 5.43. The Morgan fingerprint density at radius 3 is 2.48 bits per heavy atom. The van der Waals surface area contributed by atoms with Crippen LogP contribution in [-0.2, 0) is 6.42 Å². The van der Waals surface area contributed by atoms with Crippen LogP contribution in [0.4, 0.5) is 11.5 Å². The van der Waals surface area contributed by atoms with Crippen molar-refractivity contribution in [2.75, 3.05) is 5.32 Å². The molecule has 6 nitrogen and oxygen atoms in total. The third-order valence-corrected chi connectivity index (χ3v) is 4.18. The van der Waals surface area contributed by atoms with Gasteiger partial charge in [0.1, 0.15) is 11.6 Å². The van der Waals surface area contributed by atoms with E-state index in [0.29, 0.717) is 17.8 Å². The summed E-state index contributed by atoms with van der Waals surface area (Å²) in [7, 11) is 0. The highest BCUT2D eigenvalue weighted by atomic mass is 15.1. The molecular formula is C21H20N6. The van der Waals surface area contributed by atoms with Gasteiger partial charge in [0.2, 0.25) is 0 Å². The molecule has 2 aromatic carbocycles. The van der Waals surface area contributed by atoms with Gasteiger partial charge in [-0.25, -0.2) is 9.97 Å². The van der Waals surface area contributed by atoms with E-state index in [2.05, 4.69) is 26.5 Å². The van der Waals surface area contributed by atoms with E-state index in [4.69, 9.17) is 11.1 Å². The summed E-state index contributed by atoms with van der Waals surface area (Å²) in [5.74, 6) is 6.69.